The van der Waals surface area contributed by atoms with Crippen molar-refractivity contribution in [3.8, 4) is 0 Å². The summed E-state index contributed by atoms with van der Waals surface area (Å²) < 4.78 is 4.99. The topological polar surface area (TPSA) is 50.4 Å². The van der Waals surface area contributed by atoms with Crippen molar-refractivity contribution in [1.82, 2.24) is 10.6 Å². The van der Waals surface area contributed by atoms with Crippen LogP contribution in [-0.2, 0) is 9.53 Å². The van der Waals surface area contributed by atoms with E-state index in [1.807, 2.05) is 6.92 Å². The molecule has 3 atom stereocenters. The Balaban J connectivity index is 0.000000980. The number of esters is 1. The average molecular weight is 257 g/mol. The first kappa shape index (κ1) is 15.0. The Hall–Kier alpha value is -0.0300. The molecule has 2 saturated heterocycles. The molecule has 0 aromatic heterocycles. The van der Waals surface area contributed by atoms with Gasteiger partial charge < -0.3 is 15.4 Å². The highest BCUT2D eigenvalue weighted by molar-refractivity contribution is 5.85. The maximum Gasteiger partial charge on any atom is 0.324 e. The molecule has 2 fully saturated rings. The zero-order chi connectivity index (χ0) is 9.26. The van der Waals surface area contributed by atoms with Gasteiger partial charge >= 0.3 is 5.97 Å². The first-order valence-corrected chi connectivity index (χ1v) is 4.97. The third kappa shape index (κ3) is 3.21. The van der Waals surface area contributed by atoms with E-state index in [1.165, 1.54) is 6.42 Å². The van der Waals surface area contributed by atoms with Crippen LogP contribution in [0.4, 0.5) is 0 Å². The lowest BCUT2D eigenvalue weighted by atomic mass is 10.1. The normalized spacial score (nSPS) is 32.5. The highest BCUT2D eigenvalue weighted by Gasteiger charge is 2.39. The number of hydrogen-bond donors (Lipinski definition) is 2. The van der Waals surface area contributed by atoms with E-state index in [0.717, 1.165) is 13.0 Å². The summed E-state index contributed by atoms with van der Waals surface area (Å²) in [5, 5.41) is 6.65. The molecule has 0 aliphatic carbocycles. The van der Waals surface area contributed by atoms with Gasteiger partial charge in [0.1, 0.15) is 6.04 Å². The van der Waals surface area contributed by atoms with Crippen LogP contribution in [0.5, 0.6) is 0 Å². The summed E-state index contributed by atoms with van der Waals surface area (Å²) in [7, 11) is 0. The maximum atomic E-state index is 11.5. The van der Waals surface area contributed by atoms with E-state index in [-0.39, 0.29) is 42.9 Å². The van der Waals surface area contributed by atoms with Crippen LogP contribution in [0.25, 0.3) is 0 Å². The van der Waals surface area contributed by atoms with Gasteiger partial charge in [0.15, 0.2) is 0 Å². The molecule has 6 heteroatoms. The minimum Gasteiger partial charge on any atom is -0.465 e. The molecular formula is C9H18Cl2N2O2. The van der Waals surface area contributed by atoms with Crippen LogP contribution < -0.4 is 10.6 Å². The first-order valence-electron chi connectivity index (χ1n) is 4.97. The lowest BCUT2D eigenvalue weighted by Crippen LogP contribution is -2.59. The summed E-state index contributed by atoms with van der Waals surface area (Å²) in [6.07, 6.45) is 2.26. The number of halogens is 2. The molecule has 90 valence electrons. The van der Waals surface area contributed by atoms with Gasteiger partial charge in [-0.25, -0.2) is 0 Å². The summed E-state index contributed by atoms with van der Waals surface area (Å²) in [5.41, 5.74) is 0. The molecule has 2 bridgehead atoms. The van der Waals surface area contributed by atoms with Gasteiger partial charge in [-0.3, -0.25) is 4.79 Å². The van der Waals surface area contributed by atoms with Crippen LogP contribution >= 0.6 is 24.8 Å². The van der Waals surface area contributed by atoms with Gasteiger partial charge in [0.25, 0.3) is 0 Å². The van der Waals surface area contributed by atoms with Gasteiger partial charge in [0.05, 0.1) is 6.61 Å². The lowest BCUT2D eigenvalue weighted by Gasteiger charge is -2.29. The predicted molar refractivity (Wildman–Crippen MR) is 62.9 cm³/mol. The van der Waals surface area contributed by atoms with Crippen LogP contribution in [0, 0.1) is 0 Å². The maximum absolute atomic E-state index is 11.5. The van der Waals surface area contributed by atoms with Crippen LogP contribution in [0.2, 0.25) is 0 Å². The van der Waals surface area contributed by atoms with Crippen LogP contribution in [0.15, 0.2) is 0 Å². The van der Waals surface area contributed by atoms with Crippen molar-refractivity contribution >= 4 is 30.8 Å². The van der Waals surface area contributed by atoms with E-state index >= 15 is 0 Å². The SMILES string of the molecule is CCOC(=O)[C@@H]1NC[C@@H]2CC[C@H]1N2.Cl.Cl. The number of ether oxygens (including phenoxy) is 1. The van der Waals surface area contributed by atoms with Crippen molar-refractivity contribution in [2.45, 2.75) is 37.9 Å². The number of rotatable bonds is 2. The first-order chi connectivity index (χ1) is 6.31. The molecule has 2 rings (SSSR count). The minimum atomic E-state index is -0.126. The van der Waals surface area contributed by atoms with Gasteiger partial charge in [-0.05, 0) is 19.8 Å². The number of fused-ring (bicyclic) bond motifs is 2. The standard InChI is InChI=1S/C9H16N2O2.2ClH/c1-2-13-9(12)8-7-4-3-6(11-7)5-10-8;;/h6-8,10-11H,2-5H2,1H3;2*1H/t6-,7+,8+;;/m0../s1. The average Bonchev–Trinajstić information content (AvgIpc) is 2.48. The molecule has 2 aliphatic rings. The number of carbonyl (C=O) groups is 1. The van der Waals surface area contributed by atoms with Gasteiger partial charge in [0.2, 0.25) is 0 Å². The molecule has 0 aromatic carbocycles. The second-order valence-electron chi connectivity index (χ2n) is 3.69. The second-order valence-corrected chi connectivity index (χ2v) is 3.69. The minimum absolute atomic E-state index is 0. The Labute approximate surface area is 102 Å². The summed E-state index contributed by atoms with van der Waals surface area (Å²) in [5.74, 6) is -0.111. The molecule has 0 spiro atoms. The fourth-order valence-corrected chi connectivity index (χ4v) is 2.17. The smallest absolute Gasteiger partial charge is 0.324 e. The Morgan fingerprint density at radius 1 is 1.40 bits per heavy atom. The van der Waals surface area contributed by atoms with Gasteiger partial charge in [-0.2, -0.15) is 0 Å². The largest absolute Gasteiger partial charge is 0.465 e. The summed E-state index contributed by atoms with van der Waals surface area (Å²) in [6, 6.07) is 0.729. The van der Waals surface area contributed by atoms with Crippen LogP contribution in [0.3, 0.4) is 0 Å². The number of piperazine rings is 1. The third-order valence-corrected chi connectivity index (χ3v) is 2.80. The molecule has 0 unspecified atom stereocenters. The van der Waals surface area contributed by atoms with Crippen molar-refractivity contribution < 1.29 is 9.53 Å². The van der Waals surface area contributed by atoms with E-state index in [0.29, 0.717) is 12.6 Å². The van der Waals surface area contributed by atoms with Gasteiger partial charge in [-0.15, -0.1) is 24.8 Å². The molecule has 0 aromatic rings. The van der Waals surface area contributed by atoms with Gasteiger partial charge in [0, 0.05) is 18.6 Å². The Bertz CT molecular complexity index is 216. The van der Waals surface area contributed by atoms with Crippen molar-refractivity contribution in [3.05, 3.63) is 0 Å². The molecule has 0 saturated carbocycles. The monoisotopic (exact) mass is 256 g/mol. The molecule has 4 nitrogen and oxygen atoms in total. The van der Waals surface area contributed by atoms with Crippen molar-refractivity contribution in [2.24, 2.45) is 0 Å². The summed E-state index contributed by atoms with van der Waals surface area (Å²) >= 11 is 0. The number of nitrogens with one attached hydrogen (secondary N) is 2. The Morgan fingerprint density at radius 2 is 2.13 bits per heavy atom. The van der Waals surface area contributed by atoms with Crippen molar-refractivity contribution in [1.29, 1.82) is 0 Å². The predicted octanol–water partition coefficient (Wildman–Crippen LogP) is 0.485. The molecule has 0 amide bonds. The number of hydrogen-bond acceptors (Lipinski definition) is 4. The second kappa shape index (κ2) is 6.53. The van der Waals surface area contributed by atoms with E-state index < -0.39 is 0 Å². The summed E-state index contributed by atoms with van der Waals surface area (Å²) in [6.45, 7) is 3.19. The van der Waals surface area contributed by atoms with Gasteiger partial charge in [-0.1, -0.05) is 0 Å². The lowest BCUT2D eigenvalue weighted by molar-refractivity contribution is -0.146. The van der Waals surface area contributed by atoms with Crippen LogP contribution in [0.1, 0.15) is 19.8 Å². The van der Waals surface area contributed by atoms with E-state index in [2.05, 4.69) is 10.6 Å². The molecule has 2 N–H and O–H groups in total. The molecule has 15 heavy (non-hydrogen) atoms. The molecular weight excluding hydrogens is 239 g/mol. The Kier molecular flexibility index (Phi) is 6.52. The fraction of sp³-hybridized carbons (Fsp3) is 0.889. The van der Waals surface area contributed by atoms with E-state index in [4.69, 9.17) is 4.74 Å². The third-order valence-electron chi connectivity index (χ3n) is 2.80. The highest BCUT2D eigenvalue weighted by atomic mass is 35.5. The van der Waals surface area contributed by atoms with E-state index in [9.17, 15) is 4.79 Å². The number of carbonyl (C=O) groups excluding carboxylic acids is 1. The van der Waals surface area contributed by atoms with Crippen molar-refractivity contribution in [3.63, 3.8) is 0 Å². The van der Waals surface area contributed by atoms with E-state index in [1.54, 1.807) is 0 Å². The fourth-order valence-electron chi connectivity index (χ4n) is 2.17. The molecule has 2 heterocycles. The zero-order valence-corrected chi connectivity index (χ0v) is 10.3. The molecule has 0 radical (unpaired) electrons. The quantitative estimate of drug-likeness (QED) is 0.707. The highest BCUT2D eigenvalue weighted by Crippen LogP contribution is 2.19. The van der Waals surface area contributed by atoms with Crippen LogP contribution in [-0.4, -0.2) is 37.2 Å². The molecule has 2 aliphatic heterocycles. The van der Waals surface area contributed by atoms with Crippen molar-refractivity contribution in [2.75, 3.05) is 13.2 Å². The zero-order valence-electron chi connectivity index (χ0n) is 8.69. The Morgan fingerprint density at radius 3 is 2.80 bits per heavy atom. The summed E-state index contributed by atoms with van der Waals surface area (Å²) in [4.78, 5) is 11.5.